The molecule has 4 bridgehead atoms. The summed E-state index contributed by atoms with van der Waals surface area (Å²) in [5.41, 5.74) is 4.50. The molecule has 0 radical (unpaired) electrons. The van der Waals surface area contributed by atoms with E-state index in [0.717, 1.165) is 45.4 Å². The summed E-state index contributed by atoms with van der Waals surface area (Å²) in [5.74, 6) is 3.60. The van der Waals surface area contributed by atoms with Gasteiger partial charge in [0.05, 0.1) is 18.2 Å². The van der Waals surface area contributed by atoms with Crippen molar-refractivity contribution in [3.8, 4) is 11.8 Å². The maximum Gasteiger partial charge on any atom is 0.126 e. The molecule has 0 unspecified atom stereocenters. The predicted molar refractivity (Wildman–Crippen MR) is 135 cm³/mol. The number of ether oxygens (including phenoxy) is 1. The fourth-order valence-electron chi connectivity index (χ4n) is 7.53. The Labute approximate surface area is 196 Å². The third-order valence-corrected chi connectivity index (χ3v) is 8.46. The molecular weight excluding hydrogens is 402 g/mol. The van der Waals surface area contributed by atoms with Crippen LogP contribution in [0.3, 0.4) is 0 Å². The van der Waals surface area contributed by atoms with Gasteiger partial charge < -0.3 is 4.74 Å². The van der Waals surface area contributed by atoms with Crippen LogP contribution in [0.1, 0.15) is 62.1 Å². The van der Waals surface area contributed by atoms with Crippen LogP contribution in [-0.4, -0.2) is 6.61 Å². The first kappa shape index (κ1) is 20.5. The van der Waals surface area contributed by atoms with Gasteiger partial charge in [-0.15, -0.1) is 0 Å². The molecule has 0 saturated heterocycles. The van der Waals surface area contributed by atoms with Crippen molar-refractivity contribution < 1.29 is 4.74 Å². The van der Waals surface area contributed by atoms with E-state index in [1.54, 1.807) is 0 Å². The second-order valence-corrected chi connectivity index (χ2v) is 10.6. The van der Waals surface area contributed by atoms with E-state index in [1.807, 2.05) is 25.1 Å². The summed E-state index contributed by atoms with van der Waals surface area (Å²) in [5, 5.41) is 12.4. The third-order valence-electron chi connectivity index (χ3n) is 8.46. The highest BCUT2D eigenvalue weighted by Gasteiger charge is 2.51. The van der Waals surface area contributed by atoms with Crippen LogP contribution >= 0.6 is 0 Å². The van der Waals surface area contributed by atoms with E-state index in [2.05, 4.69) is 54.6 Å². The van der Waals surface area contributed by atoms with E-state index in [9.17, 15) is 5.26 Å². The molecule has 0 spiro atoms. The molecule has 4 saturated carbocycles. The number of nitrogens with zero attached hydrogens (tertiary/aromatic N) is 1. The molecule has 0 aromatic heterocycles. The van der Waals surface area contributed by atoms with Gasteiger partial charge in [-0.1, -0.05) is 48.5 Å². The fourth-order valence-corrected chi connectivity index (χ4v) is 7.53. The van der Waals surface area contributed by atoms with Crippen molar-refractivity contribution in [2.45, 2.75) is 50.9 Å². The molecule has 4 fully saturated rings. The zero-order chi connectivity index (χ0) is 22.4. The van der Waals surface area contributed by atoms with Crippen molar-refractivity contribution in [2.75, 3.05) is 6.61 Å². The summed E-state index contributed by atoms with van der Waals surface area (Å²) < 4.78 is 6.03. The van der Waals surface area contributed by atoms with Gasteiger partial charge in [-0.05, 0) is 103 Å². The zero-order valence-electron chi connectivity index (χ0n) is 19.4. The Morgan fingerprint density at radius 1 is 0.970 bits per heavy atom. The van der Waals surface area contributed by atoms with Gasteiger partial charge in [-0.3, -0.25) is 0 Å². The van der Waals surface area contributed by atoms with Crippen LogP contribution < -0.4 is 4.74 Å². The lowest BCUT2D eigenvalue weighted by Gasteiger charge is -2.57. The monoisotopic (exact) mass is 433 g/mol. The van der Waals surface area contributed by atoms with E-state index in [-0.39, 0.29) is 0 Å². The predicted octanol–water partition coefficient (Wildman–Crippen LogP) is 7.77. The van der Waals surface area contributed by atoms with Crippen LogP contribution in [0.5, 0.6) is 5.75 Å². The molecule has 33 heavy (non-hydrogen) atoms. The Hall–Kier alpha value is -3.05. The Morgan fingerprint density at radius 2 is 1.67 bits per heavy atom. The van der Waals surface area contributed by atoms with Crippen molar-refractivity contribution in [1.82, 2.24) is 0 Å². The normalized spacial score (nSPS) is 28.1. The van der Waals surface area contributed by atoms with Gasteiger partial charge in [0.2, 0.25) is 0 Å². The number of rotatable bonds is 5. The minimum absolute atomic E-state index is 0.328. The van der Waals surface area contributed by atoms with Gasteiger partial charge in [-0.25, -0.2) is 0 Å². The maximum atomic E-state index is 10.2. The van der Waals surface area contributed by atoms with E-state index in [0.29, 0.717) is 17.6 Å². The molecule has 4 aliphatic carbocycles. The zero-order valence-corrected chi connectivity index (χ0v) is 19.4. The van der Waals surface area contributed by atoms with Crippen LogP contribution in [0, 0.1) is 29.1 Å². The quantitative estimate of drug-likeness (QED) is 0.304. The molecule has 3 aromatic carbocycles. The first-order chi connectivity index (χ1) is 16.2. The average molecular weight is 434 g/mol. The standard InChI is InChI=1S/C31H31NO/c1-2-33-30-11-10-27(31-17-21-12-22(18-31)14-23(13-21)19-31)16-25(30)15-26(20-32)29-9-5-7-24-6-3-4-8-28(24)29/h3-11,15-16,21-23H,2,12-14,17-19H2,1H3/b26-15-. The van der Waals surface area contributed by atoms with Crippen molar-refractivity contribution in [3.63, 3.8) is 0 Å². The lowest BCUT2D eigenvalue weighted by atomic mass is 9.48. The maximum absolute atomic E-state index is 10.2. The number of benzene rings is 3. The van der Waals surface area contributed by atoms with Crippen LogP contribution in [0.25, 0.3) is 22.4 Å². The highest BCUT2D eigenvalue weighted by Crippen LogP contribution is 2.61. The highest BCUT2D eigenvalue weighted by molar-refractivity contribution is 6.02. The molecular formula is C31H31NO. The van der Waals surface area contributed by atoms with Gasteiger partial charge in [0.25, 0.3) is 0 Å². The molecule has 0 aliphatic heterocycles. The van der Waals surface area contributed by atoms with E-state index in [1.165, 1.54) is 44.1 Å². The number of allylic oxidation sites excluding steroid dienone is 1. The second kappa shape index (κ2) is 8.07. The van der Waals surface area contributed by atoms with E-state index in [4.69, 9.17) is 4.74 Å². The van der Waals surface area contributed by atoms with Gasteiger partial charge >= 0.3 is 0 Å². The fraction of sp³-hybridized carbons (Fsp3) is 0.387. The molecule has 2 heteroatoms. The lowest BCUT2D eigenvalue weighted by molar-refractivity contribution is -0.00521. The summed E-state index contributed by atoms with van der Waals surface area (Å²) in [6.07, 6.45) is 10.4. The lowest BCUT2D eigenvalue weighted by Crippen LogP contribution is -2.48. The van der Waals surface area contributed by atoms with Crippen LogP contribution in [0.2, 0.25) is 0 Å². The van der Waals surface area contributed by atoms with Crippen molar-refractivity contribution >= 4 is 22.4 Å². The first-order valence-corrected chi connectivity index (χ1v) is 12.5. The topological polar surface area (TPSA) is 33.0 Å². The molecule has 0 amide bonds. The molecule has 4 aliphatic rings. The van der Waals surface area contributed by atoms with Gasteiger partial charge in [0.15, 0.2) is 0 Å². The Bertz CT molecular complexity index is 1240. The van der Waals surface area contributed by atoms with Crippen molar-refractivity contribution in [2.24, 2.45) is 17.8 Å². The Morgan fingerprint density at radius 3 is 2.36 bits per heavy atom. The smallest absolute Gasteiger partial charge is 0.126 e. The molecule has 0 heterocycles. The second-order valence-electron chi connectivity index (χ2n) is 10.6. The van der Waals surface area contributed by atoms with Gasteiger partial charge in [-0.2, -0.15) is 5.26 Å². The summed E-state index contributed by atoms with van der Waals surface area (Å²) in [7, 11) is 0. The summed E-state index contributed by atoms with van der Waals surface area (Å²) in [6.45, 7) is 2.64. The van der Waals surface area contributed by atoms with Gasteiger partial charge in [0.1, 0.15) is 5.75 Å². The molecule has 7 rings (SSSR count). The largest absolute Gasteiger partial charge is 0.493 e. The number of hydrogen-bond acceptors (Lipinski definition) is 2. The van der Waals surface area contributed by atoms with Gasteiger partial charge in [0, 0.05) is 11.1 Å². The summed E-state index contributed by atoms with van der Waals surface area (Å²) in [6, 6.07) is 23.8. The Kier molecular flexibility index (Phi) is 5.02. The van der Waals surface area contributed by atoms with Crippen LogP contribution in [0.4, 0.5) is 0 Å². The first-order valence-electron chi connectivity index (χ1n) is 12.5. The highest BCUT2D eigenvalue weighted by atomic mass is 16.5. The molecule has 0 N–H and O–H groups in total. The SMILES string of the molecule is CCOc1ccc(C23CC4CC(CC(C4)C2)C3)cc1/C=C(/C#N)c1cccc2ccccc12. The number of hydrogen-bond donors (Lipinski definition) is 0. The summed E-state index contributed by atoms with van der Waals surface area (Å²) >= 11 is 0. The average Bonchev–Trinajstić information content (AvgIpc) is 2.82. The molecule has 166 valence electrons. The third kappa shape index (κ3) is 3.55. The summed E-state index contributed by atoms with van der Waals surface area (Å²) in [4.78, 5) is 0. The minimum Gasteiger partial charge on any atom is -0.493 e. The molecule has 2 nitrogen and oxygen atoms in total. The van der Waals surface area contributed by atoms with Crippen molar-refractivity contribution in [1.29, 1.82) is 5.26 Å². The van der Waals surface area contributed by atoms with Crippen LogP contribution in [-0.2, 0) is 5.41 Å². The minimum atomic E-state index is 0.328. The molecule has 3 aromatic rings. The Balaban J connectivity index is 1.46. The number of nitriles is 1. The van der Waals surface area contributed by atoms with Crippen molar-refractivity contribution in [3.05, 3.63) is 77.4 Å². The number of fused-ring (bicyclic) bond motifs is 1. The molecule has 0 atom stereocenters. The van der Waals surface area contributed by atoms with E-state index >= 15 is 0 Å². The van der Waals surface area contributed by atoms with Crippen LogP contribution in [0.15, 0.2) is 60.7 Å². The van der Waals surface area contributed by atoms with E-state index < -0.39 is 0 Å².